The predicted molar refractivity (Wildman–Crippen MR) is 83.0 cm³/mol. The van der Waals surface area contributed by atoms with Crippen LogP contribution in [0.25, 0.3) is 11.4 Å². The van der Waals surface area contributed by atoms with Crippen LogP contribution in [0.3, 0.4) is 0 Å². The maximum atomic E-state index is 6.21. The van der Waals surface area contributed by atoms with Gasteiger partial charge in [-0.25, -0.2) is 9.97 Å². The van der Waals surface area contributed by atoms with Crippen molar-refractivity contribution >= 4 is 11.6 Å². The number of methoxy groups -OCH3 is 2. The number of hydrogen-bond acceptors (Lipinski definition) is 5. The molecule has 0 amide bonds. The van der Waals surface area contributed by atoms with E-state index in [1.165, 1.54) is 0 Å². The molecular formula is C15H18ClN3O2. The van der Waals surface area contributed by atoms with Crippen LogP contribution < -0.4 is 14.8 Å². The molecule has 0 aliphatic rings. The lowest BCUT2D eigenvalue weighted by Gasteiger charge is -2.11. The molecule has 0 saturated heterocycles. The number of rotatable bonds is 6. The third kappa shape index (κ3) is 3.62. The number of nitrogens with one attached hydrogen (secondary N) is 1. The zero-order valence-electron chi connectivity index (χ0n) is 12.3. The van der Waals surface area contributed by atoms with Crippen LogP contribution in [-0.2, 0) is 6.54 Å². The Morgan fingerprint density at radius 3 is 2.71 bits per heavy atom. The highest BCUT2D eigenvalue weighted by molar-refractivity contribution is 6.32. The largest absolute Gasteiger partial charge is 0.493 e. The number of aromatic nitrogens is 2. The van der Waals surface area contributed by atoms with Gasteiger partial charge in [0, 0.05) is 18.3 Å². The molecule has 1 N–H and O–H groups in total. The van der Waals surface area contributed by atoms with Crippen molar-refractivity contribution in [2.24, 2.45) is 0 Å². The molecule has 1 aromatic heterocycles. The fourth-order valence-electron chi connectivity index (χ4n) is 1.93. The van der Waals surface area contributed by atoms with Gasteiger partial charge in [-0.2, -0.15) is 0 Å². The summed E-state index contributed by atoms with van der Waals surface area (Å²) in [6, 6.07) is 5.47. The molecule has 0 bridgehead atoms. The van der Waals surface area contributed by atoms with Crippen molar-refractivity contribution in [3.63, 3.8) is 0 Å². The van der Waals surface area contributed by atoms with Gasteiger partial charge in [-0.3, -0.25) is 0 Å². The second-order valence-corrected chi connectivity index (χ2v) is 4.75. The number of halogens is 1. The first-order valence-corrected chi connectivity index (χ1v) is 7.02. The van der Waals surface area contributed by atoms with Gasteiger partial charge < -0.3 is 14.8 Å². The van der Waals surface area contributed by atoms with Gasteiger partial charge >= 0.3 is 0 Å². The molecule has 0 aliphatic carbocycles. The van der Waals surface area contributed by atoms with Gasteiger partial charge in [-0.15, -0.1) is 0 Å². The molecule has 0 spiro atoms. The Kier molecular flexibility index (Phi) is 5.36. The minimum atomic E-state index is 0.465. The van der Waals surface area contributed by atoms with Crippen molar-refractivity contribution < 1.29 is 9.47 Å². The SMILES string of the molecule is CCNCc1ccnc(-c2cc(Cl)c(OC)c(OC)c2)n1. The van der Waals surface area contributed by atoms with E-state index in [9.17, 15) is 0 Å². The zero-order valence-corrected chi connectivity index (χ0v) is 13.1. The first kappa shape index (κ1) is 15.5. The summed E-state index contributed by atoms with van der Waals surface area (Å²) in [6.45, 7) is 3.64. The smallest absolute Gasteiger partial charge is 0.179 e. The Morgan fingerprint density at radius 1 is 1.24 bits per heavy atom. The third-order valence-corrected chi connectivity index (χ3v) is 3.24. The van der Waals surface area contributed by atoms with Gasteiger partial charge in [0.25, 0.3) is 0 Å². The van der Waals surface area contributed by atoms with Gasteiger partial charge in [0.1, 0.15) is 0 Å². The van der Waals surface area contributed by atoms with Crippen molar-refractivity contribution in [3.8, 4) is 22.9 Å². The van der Waals surface area contributed by atoms with Crippen LogP contribution >= 0.6 is 11.6 Å². The highest BCUT2D eigenvalue weighted by Gasteiger charge is 2.13. The fraction of sp³-hybridized carbons (Fsp3) is 0.333. The number of nitrogens with zero attached hydrogens (tertiary/aromatic N) is 2. The first-order valence-electron chi connectivity index (χ1n) is 6.64. The molecule has 1 aromatic carbocycles. The summed E-state index contributed by atoms with van der Waals surface area (Å²) < 4.78 is 10.5. The third-order valence-electron chi connectivity index (χ3n) is 2.96. The lowest BCUT2D eigenvalue weighted by Crippen LogP contribution is -2.13. The monoisotopic (exact) mass is 307 g/mol. The van der Waals surface area contributed by atoms with Crippen LogP contribution in [0, 0.1) is 0 Å². The Morgan fingerprint density at radius 2 is 2.05 bits per heavy atom. The van der Waals surface area contributed by atoms with E-state index in [0.717, 1.165) is 17.8 Å². The first-order chi connectivity index (χ1) is 10.2. The standard InChI is InChI=1S/C15H18ClN3O2/c1-4-17-9-11-5-6-18-15(19-11)10-7-12(16)14(21-3)13(8-10)20-2/h5-8,17H,4,9H2,1-3H3. The lowest BCUT2D eigenvalue weighted by atomic mass is 10.2. The molecule has 1 heterocycles. The normalized spacial score (nSPS) is 10.5. The van der Waals surface area contributed by atoms with Gasteiger partial charge in [-0.1, -0.05) is 18.5 Å². The fourth-order valence-corrected chi connectivity index (χ4v) is 2.22. The molecule has 0 saturated carbocycles. The van der Waals surface area contributed by atoms with Crippen LogP contribution in [0.4, 0.5) is 0 Å². The topological polar surface area (TPSA) is 56.3 Å². The summed E-state index contributed by atoms with van der Waals surface area (Å²) in [4.78, 5) is 8.82. The second kappa shape index (κ2) is 7.24. The van der Waals surface area contributed by atoms with E-state index in [2.05, 4.69) is 22.2 Å². The van der Waals surface area contributed by atoms with Gasteiger partial charge in [-0.05, 0) is 24.7 Å². The Hall–Kier alpha value is -1.85. The van der Waals surface area contributed by atoms with Gasteiger partial charge in [0.2, 0.25) is 0 Å². The molecule has 0 unspecified atom stereocenters. The quantitative estimate of drug-likeness (QED) is 0.889. The number of ether oxygens (including phenoxy) is 2. The maximum absolute atomic E-state index is 6.21. The van der Waals surface area contributed by atoms with E-state index >= 15 is 0 Å². The van der Waals surface area contributed by atoms with Crippen molar-refractivity contribution in [1.29, 1.82) is 0 Å². The average Bonchev–Trinajstić information content (AvgIpc) is 2.52. The summed E-state index contributed by atoms with van der Waals surface area (Å²) in [5.74, 6) is 1.67. The predicted octanol–water partition coefficient (Wildman–Crippen LogP) is 2.92. The van der Waals surface area contributed by atoms with Crippen LogP contribution in [0.1, 0.15) is 12.6 Å². The Labute approximate surface area is 129 Å². The van der Waals surface area contributed by atoms with Crippen molar-refractivity contribution in [3.05, 3.63) is 35.1 Å². The number of hydrogen-bond donors (Lipinski definition) is 1. The summed E-state index contributed by atoms with van der Waals surface area (Å²) in [6.07, 6.45) is 1.74. The summed E-state index contributed by atoms with van der Waals surface area (Å²) in [5.41, 5.74) is 1.71. The average molecular weight is 308 g/mol. The molecular weight excluding hydrogens is 290 g/mol. The zero-order chi connectivity index (χ0) is 15.2. The van der Waals surface area contributed by atoms with Crippen LogP contribution in [0.15, 0.2) is 24.4 Å². The van der Waals surface area contributed by atoms with Crippen molar-refractivity contribution in [2.45, 2.75) is 13.5 Å². The molecule has 2 rings (SSSR count). The molecule has 5 nitrogen and oxygen atoms in total. The van der Waals surface area contributed by atoms with Crippen LogP contribution in [0.2, 0.25) is 5.02 Å². The molecule has 112 valence electrons. The van der Waals surface area contributed by atoms with Crippen LogP contribution in [0.5, 0.6) is 11.5 Å². The minimum absolute atomic E-state index is 0.465. The highest BCUT2D eigenvalue weighted by Crippen LogP contribution is 2.38. The number of benzene rings is 1. The molecule has 0 radical (unpaired) electrons. The van der Waals surface area contributed by atoms with E-state index in [1.807, 2.05) is 12.1 Å². The Balaban J connectivity index is 2.39. The van der Waals surface area contributed by atoms with E-state index in [4.69, 9.17) is 21.1 Å². The molecule has 0 fully saturated rings. The maximum Gasteiger partial charge on any atom is 0.179 e. The minimum Gasteiger partial charge on any atom is -0.493 e. The van der Waals surface area contributed by atoms with Crippen LogP contribution in [-0.4, -0.2) is 30.7 Å². The lowest BCUT2D eigenvalue weighted by molar-refractivity contribution is 0.355. The highest BCUT2D eigenvalue weighted by atomic mass is 35.5. The van der Waals surface area contributed by atoms with Gasteiger partial charge in [0.05, 0.1) is 24.9 Å². The molecule has 2 aromatic rings. The van der Waals surface area contributed by atoms with E-state index in [1.54, 1.807) is 26.5 Å². The van der Waals surface area contributed by atoms with Crippen molar-refractivity contribution in [2.75, 3.05) is 20.8 Å². The summed E-state index contributed by atoms with van der Waals surface area (Å²) >= 11 is 6.21. The van der Waals surface area contributed by atoms with E-state index in [-0.39, 0.29) is 0 Å². The van der Waals surface area contributed by atoms with E-state index < -0.39 is 0 Å². The summed E-state index contributed by atoms with van der Waals surface area (Å²) in [5, 5.41) is 3.70. The van der Waals surface area contributed by atoms with Crippen molar-refractivity contribution in [1.82, 2.24) is 15.3 Å². The molecule has 6 heteroatoms. The molecule has 0 aliphatic heterocycles. The molecule has 21 heavy (non-hydrogen) atoms. The van der Waals surface area contributed by atoms with E-state index in [0.29, 0.717) is 28.9 Å². The van der Waals surface area contributed by atoms with Gasteiger partial charge in [0.15, 0.2) is 17.3 Å². The Bertz CT molecular complexity index is 620. The molecule has 0 atom stereocenters. The summed E-state index contributed by atoms with van der Waals surface area (Å²) in [7, 11) is 3.12. The second-order valence-electron chi connectivity index (χ2n) is 4.35.